The van der Waals surface area contributed by atoms with Crippen LogP contribution in [0.5, 0.6) is 0 Å². The van der Waals surface area contributed by atoms with Gasteiger partial charge in [0.1, 0.15) is 18.1 Å². The molecule has 2 amide bonds. The van der Waals surface area contributed by atoms with Gasteiger partial charge < -0.3 is 38.0 Å². The van der Waals surface area contributed by atoms with E-state index >= 15 is 0 Å². The van der Waals surface area contributed by atoms with Crippen LogP contribution in [-0.4, -0.2) is 65.2 Å². The van der Waals surface area contributed by atoms with Crippen LogP contribution < -0.4 is 27.8 Å². The second-order valence-electron chi connectivity index (χ2n) is 6.01. The number of nitrogens with zero attached hydrogens (tertiary/aromatic N) is 1. The van der Waals surface area contributed by atoms with E-state index in [0.29, 0.717) is 12.8 Å². The highest BCUT2D eigenvalue weighted by Crippen LogP contribution is 2.09. The van der Waals surface area contributed by atoms with E-state index in [9.17, 15) is 19.5 Å². The van der Waals surface area contributed by atoms with Crippen LogP contribution in [0.1, 0.15) is 33.1 Å². The van der Waals surface area contributed by atoms with E-state index in [1.54, 1.807) is 6.92 Å². The number of aliphatic hydroxyl groups excluding tert-OH is 1. The van der Waals surface area contributed by atoms with Crippen LogP contribution in [0.25, 0.3) is 0 Å². The Balaban J connectivity index is 4.97. The average Bonchev–Trinajstić information content (AvgIpc) is 2.59. The molecule has 26 heavy (non-hydrogen) atoms. The lowest BCUT2D eigenvalue weighted by atomic mass is 9.97. The molecule has 0 spiro atoms. The van der Waals surface area contributed by atoms with Crippen molar-refractivity contribution in [1.29, 1.82) is 0 Å². The molecular formula is C15H30N6O5. The minimum atomic E-state index is -1.20. The first-order chi connectivity index (χ1) is 12.1. The monoisotopic (exact) mass is 374 g/mol. The van der Waals surface area contributed by atoms with Crippen LogP contribution in [0.4, 0.5) is 0 Å². The van der Waals surface area contributed by atoms with Crippen molar-refractivity contribution < 1.29 is 24.6 Å². The third-order valence-electron chi connectivity index (χ3n) is 3.89. The Morgan fingerprint density at radius 1 is 1.15 bits per heavy atom. The number of aliphatic hydroxyl groups is 1. The Kier molecular flexibility index (Phi) is 10.9. The zero-order valence-electron chi connectivity index (χ0n) is 15.1. The molecule has 0 fully saturated rings. The molecule has 0 aromatic rings. The van der Waals surface area contributed by atoms with Gasteiger partial charge in [0, 0.05) is 6.54 Å². The molecule has 11 heteroatoms. The van der Waals surface area contributed by atoms with Crippen LogP contribution in [-0.2, 0) is 14.4 Å². The van der Waals surface area contributed by atoms with E-state index < -0.39 is 42.5 Å². The van der Waals surface area contributed by atoms with Gasteiger partial charge in [-0.25, -0.2) is 4.79 Å². The standard InChI is InChI=1S/C15H30N6O5/c1-3-8(2)11(21-12(23)9(16)7-22)13(24)20-10(14(25)26)5-4-6-19-15(17)18/h8-11,22H,3-7,16H2,1-2H3,(H,20,24)(H,21,23)(H,25,26)(H4,17,18,19). The maximum atomic E-state index is 12.5. The van der Waals surface area contributed by atoms with Crippen molar-refractivity contribution in [2.75, 3.05) is 13.2 Å². The van der Waals surface area contributed by atoms with Gasteiger partial charge in [-0.2, -0.15) is 0 Å². The number of carboxylic acid groups (broad SMARTS) is 1. The van der Waals surface area contributed by atoms with Crippen LogP contribution in [0, 0.1) is 5.92 Å². The molecule has 4 unspecified atom stereocenters. The second kappa shape index (κ2) is 12.0. The summed E-state index contributed by atoms with van der Waals surface area (Å²) >= 11 is 0. The fraction of sp³-hybridized carbons (Fsp3) is 0.733. The van der Waals surface area contributed by atoms with Gasteiger partial charge in [-0.05, 0) is 18.8 Å². The number of nitrogens with two attached hydrogens (primary N) is 3. The summed E-state index contributed by atoms with van der Waals surface area (Å²) in [5.41, 5.74) is 15.8. The lowest BCUT2D eigenvalue weighted by Crippen LogP contribution is -2.57. The summed E-state index contributed by atoms with van der Waals surface area (Å²) in [6, 6.07) is -3.28. The number of nitrogens with one attached hydrogen (secondary N) is 2. The van der Waals surface area contributed by atoms with Crippen molar-refractivity contribution in [1.82, 2.24) is 10.6 Å². The van der Waals surface area contributed by atoms with Crippen molar-refractivity contribution in [2.45, 2.75) is 51.2 Å². The molecule has 0 aromatic carbocycles. The molecule has 150 valence electrons. The van der Waals surface area contributed by atoms with Gasteiger partial charge >= 0.3 is 5.97 Å². The Hall–Kier alpha value is -2.40. The van der Waals surface area contributed by atoms with Gasteiger partial charge in [0.2, 0.25) is 11.8 Å². The lowest BCUT2D eigenvalue weighted by Gasteiger charge is -2.26. The summed E-state index contributed by atoms with van der Waals surface area (Å²) < 4.78 is 0. The quantitative estimate of drug-likeness (QED) is 0.110. The van der Waals surface area contributed by atoms with Gasteiger partial charge in [0.15, 0.2) is 5.96 Å². The van der Waals surface area contributed by atoms with E-state index in [0.717, 1.165) is 0 Å². The summed E-state index contributed by atoms with van der Waals surface area (Å²) in [6.45, 7) is 3.23. The van der Waals surface area contributed by atoms with Crippen molar-refractivity contribution in [3.8, 4) is 0 Å². The zero-order chi connectivity index (χ0) is 20.3. The van der Waals surface area contributed by atoms with Crippen molar-refractivity contribution in [3.63, 3.8) is 0 Å². The van der Waals surface area contributed by atoms with Gasteiger partial charge in [0.25, 0.3) is 0 Å². The number of carboxylic acids is 1. The number of carbonyl (C=O) groups excluding carboxylic acids is 2. The molecule has 0 rings (SSSR count). The van der Waals surface area contributed by atoms with E-state index in [4.69, 9.17) is 22.3 Å². The summed E-state index contributed by atoms with van der Waals surface area (Å²) in [6.07, 6.45) is 1.04. The third-order valence-corrected chi connectivity index (χ3v) is 3.89. The first-order valence-electron chi connectivity index (χ1n) is 8.39. The van der Waals surface area contributed by atoms with Gasteiger partial charge in [-0.1, -0.05) is 20.3 Å². The highest BCUT2D eigenvalue weighted by Gasteiger charge is 2.30. The molecule has 0 saturated carbocycles. The molecule has 11 nitrogen and oxygen atoms in total. The van der Waals surface area contributed by atoms with Crippen LogP contribution in [0.2, 0.25) is 0 Å². The van der Waals surface area contributed by atoms with Crippen LogP contribution >= 0.6 is 0 Å². The summed E-state index contributed by atoms with van der Waals surface area (Å²) in [5, 5.41) is 23.1. The summed E-state index contributed by atoms with van der Waals surface area (Å²) in [7, 11) is 0. The van der Waals surface area contributed by atoms with E-state index in [2.05, 4.69) is 15.6 Å². The van der Waals surface area contributed by atoms with Crippen LogP contribution in [0.3, 0.4) is 0 Å². The molecule has 0 heterocycles. The fourth-order valence-electron chi connectivity index (χ4n) is 2.07. The van der Waals surface area contributed by atoms with Crippen LogP contribution in [0.15, 0.2) is 4.99 Å². The maximum absolute atomic E-state index is 12.5. The van der Waals surface area contributed by atoms with E-state index in [-0.39, 0.29) is 24.8 Å². The summed E-state index contributed by atoms with van der Waals surface area (Å²) in [5.74, 6) is -2.88. The van der Waals surface area contributed by atoms with Gasteiger partial charge in [-0.15, -0.1) is 0 Å². The Bertz CT molecular complexity index is 509. The number of aliphatic imine (C=N–C) groups is 1. The van der Waals surface area contributed by atoms with Gasteiger partial charge in [-0.3, -0.25) is 14.6 Å². The Labute approximate surface area is 152 Å². The molecule has 0 saturated heterocycles. The molecule has 0 aromatic heterocycles. The number of guanidine groups is 1. The maximum Gasteiger partial charge on any atom is 0.326 e. The smallest absolute Gasteiger partial charge is 0.326 e. The third kappa shape index (κ3) is 8.62. The minimum Gasteiger partial charge on any atom is -0.480 e. The van der Waals surface area contributed by atoms with Crippen molar-refractivity contribution in [3.05, 3.63) is 0 Å². The number of amides is 2. The van der Waals surface area contributed by atoms with E-state index in [1.807, 2.05) is 6.92 Å². The first-order valence-corrected chi connectivity index (χ1v) is 8.39. The molecule has 0 bridgehead atoms. The molecular weight excluding hydrogens is 344 g/mol. The number of hydrogen-bond acceptors (Lipinski definition) is 6. The van der Waals surface area contributed by atoms with Gasteiger partial charge in [0.05, 0.1) is 6.61 Å². The SMILES string of the molecule is CCC(C)C(NC(=O)C(N)CO)C(=O)NC(CCCN=C(N)N)C(=O)O. The number of carbonyl (C=O) groups is 3. The molecule has 4 atom stereocenters. The second-order valence-corrected chi connectivity index (χ2v) is 6.01. The minimum absolute atomic E-state index is 0.0966. The lowest BCUT2D eigenvalue weighted by molar-refractivity contribution is -0.142. The molecule has 0 radical (unpaired) electrons. The molecule has 0 aliphatic rings. The molecule has 10 N–H and O–H groups in total. The largest absolute Gasteiger partial charge is 0.480 e. The fourth-order valence-corrected chi connectivity index (χ4v) is 2.07. The molecule has 0 aliphatic carbocycles. The highest BCUT2D eigenvalue weighted by atomic mass is 16.4. The Morgan fingerprint density at radius 2 is 1.77 bits per heavy atom. The Morgan fingerprint density at radius 3 is 2.23 bits per heavy atom. The highest BCUT2D eigenvalue weighted by molar-refractivity contribution is 5.92. The topological polar surface area (TPSA) is 206 Å². The first kappa shape index (κ1) is 23.6. The number of rotatable bonds is 12. The van der Waals surface area contributed by atoms with E-state index in [1.165, 1.54) is 0 Å². The average molecular weight is 374 g/mol. The van der Waals surface area contributed by atoms with Crippen molar-refractivity contribution >= 4 is 23.7 Å². The zero-order valence-corrected chi connectivity index (χ0v) is 15.1. The number of aliphatic carboxylic acids is 1. The predicted octanol–water partition coefficient (Wildman–Crippen LogP) is -2.54. The number of hydrogen-bond donors (Lipinski definition) is 7. The van der Waals surface area contributed by atoms with Crippen molar-refractivity contribution in [2.24, 2.45) is 28.1 Å². The predicted molar refractivity (Wildman–Crippen MR) is 95.9 cm³/mol. The summed E-state index contributed by atoms with van der Waals surface area (Å²) in [4.78, 5) is 39.5. The normalized spacial score (nSPS) is 15.2. The molecule has 0 aliphatic heterocycles.